The molecular weight excluding hydrogens is 545 g/mol. The van der Waals surface area contributed by atoms with Gasteiger partial charge in [0.2, 0.25) is 0 Å². The number of nitrogens with zero attached hydrogens (tertiary/aromatic N) is 1. The number of hydrogen-bond acceptors (Lipinski definition) is 3. The first-order chi connectivity index (χ1) is 20.7. The molecule has 4 aromatic rings. The van der Waals surface area contributed by atoms with E-state index in [1.54, 1.807) is 6.07 Å². The number of aryl methyl sites for hydroxylation is 4. The Morgan fingerprint density at radius 2 is 1.60 bits per heavy atom. The molecule has 0 saturated carbocycles. The van der Waals surface area contributed by atoms with Gasteiger partial charge in [-0.15, -0.1) is 0 Å². The normalized spacial score (nSPS) is 10.9. The molecule has 43 heavy (non-hydrogen) atoms. The minimum atomic E-state index is -0.830. The topological polar surface area (TPSA) is 88.8 Å². The van der Waals surface area contributed by atoms with E-state index in [0.717, 1.165) is 69.4 Å². The van der Waals surface area contributed by atoms with E-state index in [9.17, 15) is 14.0 Å². The first-order valence-corrected chi connectivity index (χ1v) is 14.8. The highest BCUT2D eigenvalue weighted by atomic mass is 19.1. The average Bonchev–Trinajstić information content (AvgIpc) is 3.24. The third kappa shape index (κ3) is 8.71. The summed E-state index contributed by atoms with van der Waals surface area (Å²) in [5.41, 5.74) is 6.90. The molecule has 2 N–H and O–H groups in total. The fourth-order valence-electron chi connectivity index (χ4n) is 5.43. The molecule has 7 heteroatoms. The molecule has 0 saturated heterocycles. The second-order valence-corrected chi connectivity index (χ2v) is 10.8. The summed E-state index contributed by atoms with van der Waals surface area (Å²) in [4.78, 5) is 22.2. The number of aliphatic carboxylic acids is 2. The summed E-state index contributed by atoms with van der Waals surface area (Å²) in [5.74, 6) is 5.50. The molecule has 1 heterocycles. The molecule has 224 valence electrons. The van der Waals surface area contributed by atoms with Crippen LogP contribution in [0.15, 0.2) is 60.7 Å². The number of carboxylic acids is 2. The van der Waals surface area contributed by atoms with Crippen LogP contribution in [0.1, 0.15) is 72.0 Å². The van der Waals surface area contributed by atoms with Gasteiger partial charge in [0.25, 0.3) is 0 Å². The molecule has 0 bridgehead atoms. The van der Waals surface area contributed by atoms with Crippen molar-refractivity contribution in [2.24, 2.45) is 0 Å². The number of benzene rings is 3. The van der Waals surface area contributed by atoms with E-state index in [1.165, 1.54) is 6.07 Å². The molecule has 3 aromatic carbocycles. The molecule has 0 aliphatic rings. The van der Waals surface area contributed by atoms with Crippen LogP contribution in [0.25, 0.3) is 10.9 Å². The molecule has 6 nitrogen and oxygen atoms in total. The Morgan fingerprint density at radius 3 is 2.33 bits per heavy atom. The van der Waals surface area contributed by atoms with Crippen LogP contribution in [-0.4, -0.2) is 33.3 Å². The van der Waals surface area contributed by atoms with E-state index >= 15 is 0 Å². The van der Waals surface area contributed by atoms with Gasteiger partial charge in [-0.25, -0.2) is 4.39 Å². The molecule has 0 atom stereocenters. The molecule has 0 unspecified atom stereocenters. The zero-order valence-electron chi connectivity index (χ0n) is 24.8. The second kappa shape index (κ2) is 15.1. The van der Waals surface area contributed by atoms with E-state index in [0.29, 0.717) is 32.4 Å². The minimum absolute atomic E-state index is 0.0731. The predicted molar refractivity (Wildman–Crippen MR) is 166 cm³/mol. The van der Waals surface area contributed by atoms with Gasteiger partial charge < -0.3 is 19.5 Å². The average molecular weight is 584 g/mol. The first-order valence-electron chi connectivity index (χ1n) is 14.8. The zero-order chi connectivity index (χ0) is 30.8. The lowest BCUT2D eigenvalue weighted by Gasteiger charge is -2.09. The predicted octanol–water partition coefficient (Wildman–Crippen LogP) is 7.47. The number of ether oxygens (including phenoxy) is 1. The van der Waals surface area contributed by atoms with Gasteiger partial charge in [-0.2, -0.15) is 0 Å². The number of hydrogen-bond donors (Lipinski definition) is 2. The maximum absolute atomic E-state index is 13.3. The fraction of sp³-hybridized carbons (Fsp3) is 0.333. The Balaban J connectivity index is 1.44. The second-order valence-electron chi connectivity index (χ2n) is 10.8. The van der Waals surface area contributed by atoms with Crippen molar-refractivity contribution in [1.82, 2.24) is 4.57 Å². The van der Waals surface area contributed by atoms with Crippen LogP contribution in [0.5, 0.6) is 5.75 Å². The molecule has 0 fully saturated rings. The molecule has 0 radical (unpaired) electrons. The number of unbranched alkanes of at least 4 members (excludes halogenated alkanes) is 1. The van der Waals surface area contributed by atoms with Crippen LogP contribution in [-0.2, 0) is 29.0 Å². The number of aromatic nitrogens is 1. The molecule has 0 aliphatic heterocycles. The van der Waals surface area contributed by atoms with Gasteiger partial charge in [0.15, 0.2) is 0 Å². The maximum atomic E-state index is 13.3. The highest BCUT2D eigenvalue weighted by Crippen LogP contribution is 2.30. The van der Waals surface area contributed by atoms with E-state index < -0.39 is 11.9 Å². The lowest BCUT2D eigenvalue weighted by molar-refractivity contribution is -0.138. The fourth-order valence-corrected chi connectivity index (χ4v) is 5.43. The number of rotatable bonds is 14. The number of para-hydroxylation sites is 1. The summed E-state index contributed by atoms with van der Waals surface area (Å²) in [5, 5.41) is 19.3. The van der Waals surface area contributed by atoms with Crippen molar-refractivity contribution in [2.75, 3.05) is 6.61 Å². The minimum Gasteiger partial charge on any atom is -0.494 e. The molecule has 0 spiro atoms. The number of halogens is 1. The van der Waals surface area contributed by atoms with Crippen molar-refractivity contribution in [3.05, 3.63) is 100.0 Å². The van der Waals surface area contributed by atoms with Crippen molar-refractivity contribution in [2.45, 2.75) is 71.8 Å². The summed E-state index contributed by atoms with van der Waals surface area (Å²) in [6.45, 7) is 5.09. The van der Waals surface area contributed by atoms with Crippen LogP contribution >= 0.6 is 0 Å². The van der Waals surface area contributed by atoms with E-state index in [4.69, 9.17) is 14.9 Å². The molecule has 1 aromatic heterocycles. The van der Waals surface area contributed by atoms with Crippen molar-refractivity contribution >= 4 is 22.8 Å². The summed E-state index contributed by atoms with van der Waals surface area (Å²) in [7, 11) is 0. The van der Waals surface area contributed by atoms with Crippen LogP contribution in [0.3, 0.4) is 0 Å². The molecule has 0 aliphatic carbocycles. The Morgan fingerprint density at radius 1 is 0.860 bits per heavy atom. The number of carbonyl (C=O) groups is 2. The summed E-state index contributed by atoms with van der Waals surface area (Å²) in [6, 6.07) is 18.6. The highest BCUT2D eigenvalue weighted by molar-refractivity contribution is 5.90. The lowest BCUT2D eigenvalue weighted by atomic mass is 10.0. The standard InChI is InChI=1S/C36H38FNO5/c1-25-24-30(37)19-18-28(25)8-3-4-23-43-31-20-15-27(16-21-31)14-17-29-9-5-11-33-32(10-6-12-34(39)40)26(2)38(36(29)33)22-7-13-35(41)42/h5,9,11,15-16,18-21,24H,3-4,6-8,10,12-13,22-23H2,1-2H3,(H,39,40)(H,41,42). The molecular formula is C36H38FNO5. The monoisotopic (exact) mass is 583 g/mol. The smallest absolute Gasteiger partial charge is 0.303 e. The van der Waals surface area contributed by atoms with Gasteiger partial charge in [-0.05, 0) is 112 Å². The van der Waals surface area contributed by atoms with Crippen LogP contribution < -0.4 is 4.74 Å². The van der Waals surface area contributed by atoms with Gasteiger partial charge in [-0.3, -0.25) is 9.59 Å². The largest absolute Gasteiger partial charge is 0.494 e. The SMILES string of the molecule is Cc1cc(F)ccc1CCCCOc1ccc(C#Cc2cccc3c(CCCC(=O)O)c(C)n(CCCC(=O)O)c23)cc1. The quantitative estimate of drug-likeness (QED) is 0.119. The van der Waals surface area contributed by atoms with Gasteiger partial charge in [0.05, 0.1) is 12.1 Å². The summed E-state index contributed by atoms with van der Waals surface area (Å²) < 4.78 is 21.3. The lowest BCUT2D eigenvalue weighted by Crippen LogP contribution is -2.05. The van der Waals surface area contributed by atoms with Crippen LogP contribution in [0.2, 0.25) is 0 Å². The van der Waals surface area contributed by atoms with E-state index in [2.05, 4.69) is 16.4 Å². The van der Waals surface area contributed by atoms with Gasteiger partial charge in [0, 0.05) is 41.6 Å². The van der Waals surface area contributed by atoms with Crippen molar-refractivity contribution < 1.29 is 28.9 Å². The maximum Gasteiger partial charge on any atom is 0.303 e. The third-order valence-electron chi connectivity index (χ3n) is 7.67. The van der Waals surface area contributed by atoms with Crippen molar-refractivity contribution in [3.63, 3.8) is 0 Å². The summed E-state index contributed by atoms with van der Waals surface area (Å²) in [6.07, 6.45) is 4.57. The first kappa shape index (κ1) is 31.4. The van der Waals surface area contributed by atoms with Gasteiger partial charge >= 0.3 is 11.9 Å². The Kier molecular flexibility index (Phi) is 11.0. The van der Waals surface area contributed by atoms with Gasteiger partial charge in [-0.1, -0.05) is 30.0 Å². The summed E-state index contributed by atoms with van der Waals surface area (Å²) >= 11 is 0. The van der Waals surface area contributed by atoms with Crippen molar-refractivity contribution in [1.29, 1.82) is 0 Å². The zero-order valence-corrected chi connectivity index (χ0v) is 24.8. The number of carboxylic acid groups (broad SMARTS) is 2. The van der Waals surface area contributed by atoms with Crippen LogP contribution in [0, 0.1) is 31.5 Å². The van der Waals surface area contributed by atoms with Gasteiger partial charge in [0.1, 0.15) is 11.6 Å². The molecule has 0 amide bonds. The molecule has 4 rings (SSSR count). The Hall–Kier alpha value is -4.57. The highest BCUT2D eigenvalue weighted by Gasteiger charge is 2.17. The Labute approximate surface area is 252 Å². The Bertz CT molecular complexity index is 1640. The van der Waals surface area contributed by atoms with Crippen molar-refractivity contribution in [3.8, 4) is 17.6 Å². The van der Waals surface area contributed by atoms with E-state index in [1.807, 2.05) is 62.4 Å². The van der Waals surface area contributed by atoms with E-state index in [-0.39, 0.29) is 18.7 Å². The third-order valence-corrected chi connectivity index (χ3v) is 7.67. The van der Waals surface area contributed by atoms with Crippen LogP contribution in [0.4, 0.5) is 4.39 Å². The number of fused-ring (bicyclic) bond motifs is 1.